The Morgan fingerprint density at radius 2 is 1.71 bits per heavy atom. The number of rotatable bonds is 4. The van der Waals surface area contributed by atoms with Gasteiger partial charge >= 0.3 is 0 Å². The number of aliphatic hydroxyl groups is 4. The van der Waals surface area contributed by atoms with E-state index in [9.17, 15) is 20.4 Å². The summed E-state index contributed by atoms with van der Waals surface area (Å²) >= 11 is 9.44. The Bertz CT molecular complexity index is 941. The molecule has 0 unspecified atom stereocenters. The lowest BCUT2D eigenvalue weighted by Crippen LogP contribution is -2.51. The maximum absolute atomic E-state index is 10.5. The zero-order valence-corrected chi connectivity index (χ0v) is 17.3. The zero-order valence-electron chi connectivity index (χ0n) is 14.9. The van der Waals surface area contributed by atoms with Crippen LogP contribution in [0.15, 0.2) is 48.5 Å². The minimum atomic E-state index is -1.30. The van der Waals surface area contributed by atoms with Crippen molar-refractivity contribution in [3.05, 3.63) is 69.6 Å². The molecule has 0 saturated carbocycles. The molecule has 3 aromatic rings. The van der Waals surface area contributed by atoms with E-state index in [-0.39, 0.29) is 6.61 Å². The molecule has 0 radical (unpaired) electrons. The van der Waals surface area contributed by atoms with E-state index in [0.29, 0.717) is 11.4 Å². The third-order valence-electron chi connectivity index (χ3n) is 5.13. The van der Waals surface area contributed by atoms with Crippen LogP contribution in [0.2, 0.25) is 5.02 Å². The summed E-state index contributed by atoms with van der Waals surface area (Å²) in [6.07, 6.45) is -2.91. The first-order valence-electron chi connectivity index (χ1n) is 9.04. The summed E-state index contributed by atoms with van der Waals surface area (Å²) in [4.78, 5) is 1.20. The van der Waals surface area contributed by atoms with Crippen molar-refractivity contribution in [2.45, 2.75) is 35.2 Å². The van der Waals surface area contributed by atoms with Crippen LogP contribution >= 0.6 is 34.7 Å². The maximum Gasteiger partial charge on any atom is 0.108 e. The smallest absolute Gasteiger partial charge is 0.108 e. The summed E-state index contributed by atoms with van der Waals surface area (Å²) < 4.78 is 1.23. The fourth-order valence-electron chi connectivity index (χ4n) is 3.60. The van der Waals surface area contributed by atoms with Crippen molar-refractivity contribution >= 4 is 44.8 Å². The van der Waals surface area contributed by atoms with E-state index in [1.165, 1.54) is 26.7 Å². The monoisotopic (exact) mass is 436 g/mol. The second kappa shape index (κ2) is 8.32. The van der Waals surface area contributed by atoms with E-state index in [1.807, 2.05) is 24.3 Å². The summed E-state index contributed by atoms with van der Waals surface area (Å²) in [6.45, 7) is -0.269. The third-order valence-corrected chi connectivity index (χ3v) is 8.24. The highest BCUT2D eigenvalue weighted by Gasteiger charge is 2.43. The third kappa shape index (κ3) is 3.83. The second-order valence-electron chi connectivity index (χ2n) is 7.03. The molecule has 1 aliphatic heterocycles. The minimum absolute atomic E-state index is 0.269. The van der Waals surface area contributed by atoms with Crippen LogP contribution in [0.4, 0.5) is 0 Å². The van der Waals surface area contributed by atoms with Crippen molar-refractivity contribution in [2.24, 2.45) is 0 Å². The lowest BCUT2D eigenvalue weighted by Gasteiger charge is -2.39. The minimum Gasteiger partial charge on any atom is -0.395 e. The van der Waals surface area contributed by atoms with Gasteiger partial charge in [-0.1, -0.05) is 41.9 Å². The molecule has 4 nitrogen and oxygen atoms in total. The van der Waals surface area contributed by atoms with Gasteiger partial charge in [-0.3, -0.25) is 0 Å². The van der Waals surface area contributed by atoms with Gasteiger partial charge in [-0.05, 0) is 34.7 Å². The predicted molar refractivity (Wildman–Crippen MR) is 115 cm³/mol. The van der Waals surface area contributed by atoms with Gasteiger partial charge in [0.2, 0.25) is 0 Å². The first-order valence-corrected chi connectivity index (χ1v) is 11.2. The van der Waals surface area contributed by atoms with Gasteiger partial charge in [0.1, 0.15) is 6.10 Å². The largest absolute Gasteiger partial charge is 0.395 e. The molecular formula is C21H21ClO4S2. The highest BCUT2D eigenvalue weighted by molar-refractivity contribution is 8.00. The lowest BCUT2D eigenvalue weighted by atomic mass is 9.95. The molecule has 1 saturated heterocycles. The highest BCUT2D eigenvalue weighted by Crippen LogP contribution is 2.44. The summed E-state index contributed by atoms with van der Waals surface area (Å²) in [5.74, 6) is 0. The molecule has 2 aromatic carbocycles. The number of thioether (sulfide) groups is 1. The quantitative estimate of drug-likeness (QED) is 0.504. The van der Waals surface area contributed by atoms with Gasteiger partial charge in [-0.2, -0.15) is 0 Å². The lowest BCUT2D eigenvalue weighted by molar-refractivity contribution is -0.0700. The van der Waals surface area contributed by atoms with E-state index in [2.05, 4.69) is 18.2 Å². The van der Waals surface area contributed by atoms with Crippen molar-refractivity contribution < 1.29 is 20.4 Å². The Hall–Kier alpha value is -1.12. The number of aliphatic hydroxyl groups excluding tert-OH is 4. The number of halogens is 1. The van der Waals surface area contributed by atoms with Gasteiger partial charge in [0.05, 0.1) is 29.3 Å². The number of fused-ring (bicyclic) bond motifs is 1. The predicted octanol–water partition coefficient (Wildman–Crippen LogP) is 3.38. The zero-order chi connectivity index (χ0) is 19.8. The molecule has 5 atom stereocenters. The fraction of sp³-hybridized carbons (Fsp3) is 0.333. The molecule has 0 amide bonds. The molecule has 0 bridgehead atoms. The van der Waals surface area contributed by atoms with E-state index in [4.69, 9.17) is 11.6 Å². The first kappa shape index (κ1) is 20.2. The van der Waals surface area contributed by atoms with Gasteiger partial charge in [0.15, 0.2) is 0 Å². The van der Waals surface area contributed by atoms with Crippen molar-refractivity contribution in [1.82, 2.24) is 0 Å². The van der Waals surface area contributed by atoms with Crippen LogP contribution in [0.1, 0.15) is 21.3 Å². The first-order chi connectivity index (χ1) is 13.5. The van der Waals surface area contributed by atoms with Crippen LogP contribution in [0.5, 0.6) is 0 Å². The van der Waals surface area contributed by atoms with Gasteiger partial charge < -0.3 is 20.4 Å². The van der Waals surface area contributed by atoms with Crippen LogP contribution < -0.4 is 0 Å². The molecule has 0 aliphatic carbocycles. The average Bonchev–Trinajstić information content (AvgIpc) is 3.11. The van der Waals surface area contributed by atoms with E-state index < -0.39 is 28.8 Å². The number of hydrogen-bond donors (Lipinski definition) is 4. The van der Waals surface area contributed by atoms with Crippen LogP contribution in [-0.2, 0) is 6.42 Å². The van der Waals surface area contributed by atoms with Crippen molar-refractivity contribution in [2.75, 3.05) is 6.61 Å². The topological polar surface area (TPSA) is 80.9 Å². The highest BCUT2D eigenvalue weighted by atomic mass is 35.5. The fourth-order valence-corrected chi connectivity index (χ4v) is 6.28. The molecule has 4 rings (SSSR count). The Morgan fingerprint density at radius 1 is 0.929 bits per heavy atom. The Kier molecular flexibility index (Phi) is 5.99. The van der Waals surface area contributed by atoms with Gasteiger partial charge in [-0.15, -0.1) is 23.1 Å². The van der Waals surface area contributed by atoms with Crippen LogP contribution in [-0.4, -0.2) is 50.6 Å². The molecule has 148 valence electrons. The van der Waals surface area contributed by atoms with E-state index >= 15 is 0 Å². The summed E-state index contributed by atoms with van der Waals surface area (Å²) in [5, 5.41) is 41.0. The second-order valence-corrected chi connectivity index (χ2v) is 9.99. The number of benzene rings is 2. The molecule has 1 aliphatic rings. The summed E-state index contributed by atoms with van der Waals surface area (Å²) in [5.41, 5.74) is 1.77. The molecule has 4 N–H and O–H groups in total. The van der Waals surface area contributed by atoms with Gasteiger partial charge in [0, 0.05) is 21.0 Å². The Balaban J connectivity index is 1.63. The summed E-state index contributed by atoms with van der Waals surface area (Å²) in [7, 11) is 0. The van der Waals surface area contributed by atoms with Crippen molar-refractivity contribution in [3.8, 4) is 0 Å². The molecule has 28 heavy (non-hydrogen) atoms. The summed E-state index contributed by atoms with van der Waals surface area (Å²) in [6, 6.07) is 16.0. The van der Waals surface area contributed by atoms with Crippen LogP contribution in [0.25, 0.3) is 10.1 Å². The van der Waals surface area contributed by atoms with Crippen LogP contribution in [0.3, 0.4) is 0 Å². The maximum atomic E-state index is 10.5. The number of thiophene rings is 1. The molecule has 1 fully saturated rings. The SMILES string of the molecule is OC[C@H]1S[C@@H](c2ccc(Cl)c(Cc3cc4ccccc4s3)c2)[C@H](O)[C@@H](O)[C@@H]1O. The molecule has 7 heteroatoms. The average molecular weight is 437 g/mol. The van der Waals surface area contributed by atoms with E-state index in [0.717, 1.165) is 11.1 Å². The Labute approximate surface area is 176 Å². The van der Waals surface area contributed by atoms with Crippen molar-refractivity contribution in [3.63, 3.8) is 0 Å². The Morgan fingerprint density at radius 3 is 2.46 bits per heavy atom. The molecular weight excluding hydrogens is 416 g/mol. The van der Waals surface area contributed by atoms with E-state index in [1.54, 1.807) is 17.4 Å². The number of hydrogen-bond acceptors (Lipinski definition) is 6. The molecule has 1 aromatic heterocycles. The van der Waals surface area contributed by atoms with Crippen molar-refractivity contribution in [1.29, 1.82) is 0 Å². The molecule has 2 heterocycles. The molecule has 0 spiro atoms. The van der Waals surface area contributed by atoms with Gasteiger partial charge in [0.25, 0.3) is 0 Å². The normalized spacial score (nSPS) is 28.0. The van der Waals surface area contributed by atoms with Crippen LogP contribution in [0, 0.1) is 0 Å². The van der Waals surface area contributed by atoms with Gasteiger partial charge in [-0.25, -0.2) is 0 Å². The standard InChI is InChI=1S/C21H21ClO4S2/c22-15-6-5-12(21-20(26)19(25)18(24)17(10-23)28-21)7-13(15)9-14-8-11-3-1-2-4-16(11)27-14/h1-8,17-21,23-26H,9-10H2/t17-,18-,19+,20-,21+/m1/s1.